The van der Waals surface area contributed by atoms with Gasteiger partial charge in [-0.15, -0.1) is 10.2 Å². The Labute approximate surface area is 84.7 Å². The molecule has 14 heavy (non-hydrogen) atoms. The first-order chi connectivity index (χ1) is 6.92. The monoisotopic (exact) mass is 194 g/mol. The summed E-state index contributed by atoms with van der Waals surface area (Å²) in [6.07, 6.45) is 8.17. The lowest BCUT2D eigenvalue weighted by Crippen LogP contribution is -2.15. The Morgan fingerprint density at radius 1 is 1.50 bits per heavy atom. The Morgan fingerprint density at radius 3 is 3.00 bits per heavy atom. The Balaban J connectivity index is 2.04. The summed E-state index contributed by atoms with van der Waals surface area (Å²) in [5, 5.41) is 11.3. The summed E-state index contributed by atoms with van der Waals surface area (Å²) in [6, 6.07) is 0.664. The molecule has 1 N–H and O–H groups in total. The molecule has 4 nitrogen and oxygen atoms in total. The number of hydrogen-bond donors (Lipinski definition) is 1. The zero-order valence-electron chi connectivity index (χ0n) is 8.74. The van der Waals surface area contributed by atoms with Gasteiger partial charge in [-0.1, -0.05) is 12.8 Å². The highest BCUT2D eigenvalue weighted by Gasteiger charge is 2.19. The van der Waals surface area contributed by atoms with Crippen LogP contribution in [0.2, 0.25) is 0 Å². The maximum atomic E-state index is 4.17. The third-order valence-electron chi connectivity index (χ3n) is 2.96. The van der Waals surface area contributed by atoms with Gasteiger partial charge in [-0.25, -0.2) is 0 Å². The normalized spacial score (nSPS) is 17.8. The van der Waals surface area contributed by atoms with Gasteiger partial charge in [0.05, 0.1) is 0 Å². The second kappa shape index (κ2) is 4.55. The Kier molecular flexibility index (Phi) is 3.14. The number of nitrogens with zero attached hydrogens (tertiary/aromatic N) is 3. The first-order valence-corrected chi connectivity index (χ1v) is 5.45. The number of aromatic nitrogens is 3. The number of hydrogen-bond acceptors (Lipinski definition) is 3. The summed E-state index contributed by atoms with van der Waals surface area (Å²) in [6.45, 7) is 0.978. The number of rotatable bonds is 4. The summed E-state index contributed by atoms with van der Waals surface area (Å²) < 4.78 is 2.27. The van der Waals surface area contributed by atoms with Crippen LogP contribution in [0.15, 0.2) is 6.33 Å². The van der Waals surface area contributed by atoms with Crippen molar-refractivity contribution >= 4 is 0 Å². The van der Waals surface area contributed by atoms with E-state index in [1.807, 2.05) is 13.4 Å². The molecular formula is C10H18N4. The van der Waals surface area contributed by atoms with E-state index in [4.69, 9.17) is 0 Å². The molecule has 0 aliphatic heterocycles. The third kappa shape index (κ3) is 1.95. The second-order valence-corrected chi connectivity index (χ2v) is 3.95. The van der Waals surface area contributed by atoms with E-state index in [-0.39, 0.29) is 0 Å². The largest absolute Gasteiger partial charge is 0.319 e. The molecule has 1 saturated carbocycles. The molecule has 0 saturated heterocycles. The summed E-state index contributed by atoms with van der Waals surface area (Å²) in [5.41, 5.74) is 0. The van der Waals surface area contributed by atoms with Crippen LogP contribution in [0.4, 0.5) is 0 Å². The van der Waals surface area contributed by atoms with Crippen LogP contribution in [-0.4, -0.2) is 28.4 Å². The minimum atomic E-state index is 0.664. The highest BCUT2D eigenvalue weighted by Crippen LogP contribution is 2.29. The van der Waals surface area contributed by atoms with E-state index < -0.39 is 0 Å². The van der Waals surface area contributed by atoms with E-state index in [1.165, 1.54) is 25.7 Å². The maximum absolute atomic E-state index is 4.17. The molecule has 1 fully saturated rings. The van der Waals surface area contributed by atoms with Gasteiger partial charge in [0.1, 0.15) is 12.2 Å². The highest BCUT2D eigenvalue weighted by atomic mass is 15.3. The number of nitrogens with one attached hydrogen (secondary N) is 1. The van der Waals surface area contributed by atoms with Crippen molar-refractivity contribution in [1.82, 2.24) is 20.1 Å². The minimum Gasteiger partial charge on any atom is -0.319 e. The Morgan fingerprint density at radius 2 is 2.29 bits per heavy atom. The lowest BCUT2D eigenvalue weighted by molar-refractivity contribution is 0.494. The molecule has 0 radical (unpaired) electrons. The Hall–Kier alpha value is -0.900. The van der Waals surface area contributed by atoms with Crippen LogP contribution in [0, 0.1) is 0 Å². The van der Waals surface area contributed by atoms with E-state index >= 15 is 0 Å². The van der Waals surface area contributed by atoms with Gasteiger partial charge in [-0.2, -0.15) is 0 Å². The van der Waals surface area contributed by atoms with E-state index in [0.717, 1.165) is 18.8 Å². The van der Waals surface area contributed by atoms with Crippen LogP contribution < -0.4 is 5.32 Å². The smallest absolute Gasteiger partial charge is 0.134 e. The van der Waals surface area contributed by atoms with Gasteiger partial charge < -0.3 is 9.88 Å². The highest BCUT2D eigenvalue weighted by molar-refractivity contribution is 4.91. The zero-order valence-corrected chi connectivity index (χ0v) is 8.74. The van der Waals surface area contributed by atoms with E-state index in [9.17, 15) is 0 Å². The van der Waals surface area contributed by atoms with Crippen molar-refractivity contribution in [3.63, 3.8) is 0 Å². The van der Waals surface area contributed by atoms with Crippen LogP contribution >= 0.6 is 0 Å². The van der Waals surface area contributed by atoms with Gasteiger partial charge in [0, 0.05) is 19.0 Å². The van der Waals surface area contributed by atoms with Crippen LogP contribution in [0.3, 0.4) is 0 Å². The van der Waals surface area contributed by atoms with Crippen LogP contribution in [0.25, 0.3) is 0 Å². The summed E-state index contributed by atoms with van der Waals surface area (Å²) in [4.78, 5) is 0. The van der Waals surface area contributed by atoms with Gasteiger partial charge >= 0.3 is 0 Å². The molecule has 0 amide bonds. The first kappa shape index (κ1) is 9.65. The Bertz CT molecular complexity index is 275. The van der Waals surface area contributed by atoms with Crippen molar-refractivity contribution in [2.45, 2.75) is 38.1 Å². The van der Waals surface area contributed by atoms with Crippen molar-refractivity contribution in [1.29, 1.82) is 0 Å². The molecule has 0 bridgehead atoms. The van der Waals surface area contributed by atoms with Gasteiger partial charge in [0.25, 0.3) is 0 Å². The van der Waals surface area contributed by atoms with Gasteiger partial charge in [0.2, 0.25) is 0 Å². The topological polar surface area (TPSA) is 42.7 Å². The quantitative estimate of drug-likeness (QED) is 0.782. The molecule has 4 heteroatoms. The fraction of sp³-hybridized carbons (Fsp3) is 0.800. The van der Waals surface area contributed by atoms with Gasteiger partial charge in [-0.05, 0) is 19.9 Å². The average molecular weight is 194 g/mol. The standard InChI is InChI=1S/C10H18N4/c1-11-7-6-10-13-12-8-14(10)9-4-2-3-5-9/h8-9,11H,2-7H2,1H3. The van der Waals surface area contributed by atoms with Crippen LogP contribution in [0.5, 0.6) is 0 Å². The first-order valence-electron chi connectivity index (χ1n) is 5.45. The fourth-order valence-electron chi connectivity index (χ4n) is 2.17. The molecule has 1 heterocycles. The zero-order chi connectivity index (χ0) is 9.80. The van der Waals surface area contributed by atoms with E-state index in [1.54, 1.807) is 0 Å². The molecule has 0 spiro atoms. The molecule has 2 rings (SSSR count). The lowest BCUT2D eigenvalue weighted by Gasteiger charge is -2.13. The average Bonchev–Trinajstić information content (AvgIpc) is 2.84. The molecule has 1 aliphatic carbocycles. The van der Waals surface area contributed by atoms with Crippen LogP contribution in [-0.2, 0) is 6.42 Å². The van der Waals surface area contributed by atoms with Gasteiger partial charge in [-0.3, -0.25) is 0 Å². The molecule has 0 unspecified atom stereocenters. The maximum Gasteiger partial charge on any atom is 0.134 e. The summed E-state index contributed by atoms with van der Waals surface area (Å²) in [5.74, 6) is 1.13. The van der Waals surface area contributed by atoms with Crippen LogP contribution in [0.1, 0.15) is 37.5 Å². The predicted molar refractivity (Wildman–Crippen MR) is 55.2 cm³/mol. The molecule has 1 aromatic rings. The van der Waals surface area contributed by atoms with Gasteiger partial charge in [0.15, 0.2) is 0 Å². The van der Waals surface area contributed by atoms with Crippen molar-refractivity contribution in [2.75, 3.05) is 13.6 Å². The fourth-order valence-corrected chi connectivity index (χ4v) is 2.17. The van der Waals surface area contributed by atoms with Crippen molar-refractivity contribution < 1.29 is 0 Å². The van der Waals surface area contributed by atoms with E-state index in [0.29, 0.717) is 6.04 Å². The predicted octanol–water partition coefficient (Wildman–Crippen LogP) is 1.16. The minimum absolute atomic E-state index is 0.664. The lowest BCUT2D eigenvalue weighted by atomic mass is 10.2. The summed E-state index contributed by atoms with van der Waals surface area (Å²) in [7, 11) is 1.97. The van der Waals surface area contributed by atoms with Crippen molar-refractivity contribution in [3.8, 4) is 0 Å². The molecule has 0 atom stereocenters. The second-order valence-electron chi connectivity index (χ2n) is 3.95. The molecular weight excluding hydrogens is 176 g/mol. The number of likely N-dealkylation sites (N-methyl/N-ethyl adjacent to an activating group) is 1. The molecule has 0 aromatic carbocycles. The SMILES string of the molecule is CNCCc1nncn1C1CCCC1. The van der Waals surface area contributed by atoms with Crippen molar-refractivity contribution in [2.24, 2.45) is 0 Å². The van der Waals surface area contributed by atoms with Crippen molar-refractivity contribution in [3.05, 3.63) is 12.2 Å². The molecule has 78 valence electrons. The third-order valence-corrected chi connectivity index (χ3v) is 2.96. The summed E-state index contributed by atoms with van der Waals surface area (Å²) >= 11 is 0. The van der Waals surface area contributed by atoms with E-state index in [2.05, 4.69) is 20.1 Å². The molecule has 1 aliphatic rings. The molecule has 1 aromatic heterocycles.